The number of benzene rings is 3. The van der Waals surface area contributed by atoms with E-state index in [1.54, 1.807) is 36.4 Å². The molecule has 0 bridgehead atoms. The number of nitrogens with two attached hydrogens (primary N) is 2. The van der Waals surface area contributed by atoms with Crippen molar-refractivity contribution in [1.29, 1.82) is 0 Å². The monoisotopic (exact) mass is 433 g/mol. The Kier molecular flexibility index (Phi) is 5.76. The van der Waals surface area contributed by atoms with E-state index in [9.17, 15) is 22.6 Å². The number of carbonyl (C=O) groups is 2. The molecule has 1 aliphatic rings. The molecule has 0 atom stereocenters. The Morgan fingerprint density at radius 2 is 1.37 bits per heavy atom. The third kappa shape index (κ3) is 3.62. The van der Waals surface area contributed by atoms with E-state index in [4.69, 9.17) is 11.5 Å². The van der Waals surface area contributed by atoms with Crippen LogP contribution in [0.1, 0.15) is 31.8 Å². The number of anilines is 4. The van der Waals surface area contributed by atoms with Crippen molar-refractivity contribution in [1.82, 2.24) is 0 Å². The standard InChI is InChI=1S/C20H15N3O5S.Na.H/c21-10-5-7-11(8-6-10)23-14-9-15(29(26,27)28)18(22)17-16(14)19(24)12-3-1-2-4-13(12)20(17)25;;/h1-9,23H,21-22H2,(H,26,27,28);;. The van der Waals surface area contributed by atoms with Gasteiger partial charge in [-0.05, 0) is 30.3 Å². The van der Waals surface area contributed by atoms with Gasteiger partial charge in [-0.25, -0.2) is 0 Å². The fourth-order valence-corrected chi connectivity index (χ4v) is 3.97. The molecule has 3 aromatic rings. The van der Waals surface area contributed by atoms with Crippen LogP contribution in [0.2, 0.25) is 0 Å². The van der Waals surface area contributed by atoms with Gasteiger partial charge in [-0.2, -0.15) is 8.42 Å². The van der Waals surface area contributed by atoms with Crippen LogP contribution in [0.25, 0.3) is 0 Å². The topological polar surface area (TPSA) is 153 Å². The molecular weight excluding hydrogens is 417 g/mol. The van der Waals surface area contributed by atoms with Gasteiger partial charge in [0.2, 0.25) is 0 Å². The third-order valence-corrected chi connectivity index (χ3v) is 5.56. The molecule has 0 fully saturated rings. The molecule has 8 nitrogen and oxygen atoms in total. The summed E-state index contributed by atoms with van der Waals surface area (Å²) in [6.45, 7) is 0. The Hall–Kier alpha value is -2.69. The Balaban J connectivity index is 0.00000256. The second-order valence-electron chi connectivity index (χ2n) is 6.51. The van der Waals surface area contributed by atoms with Crippen molar-refractivity contribution < 1.29 is 22.6 Å². The molecule has 0 heterocycles. The summed E-state index contributed by atoms with van der Waals surface area (Å²) in [5.41, 5.74) is 12.1. The number of nitrogen functional groups attached to an aromatic ring is 2. The molecular formula is C20H16N3NaO5S. The van der Waals surface area contributed by atoms with E-state index < -0.39 is 32.3 Å². The van der Waals surface area contributed by atoms with Crippen LogP contribution in [-0.2, 0) is 10.1 Å². The summed E-state index contributed by atoms with van der Waals surface area (Å²) in [7, 11) is -4.76. The van der Waals surface area contributed by atoms with Crippen LogP contribution < -0.4 is 16.8 Å². The average Bonchev–Trinajstić information content (AvgIpc) is 2.68. The molecule has 148 valence electrons. The second-order valence-corrected chi connectivity index (χ2v) is 7.90. The first-order valence-electron chi connectivity index (χ1n) is 8.43. The van der Waals surface area contributed by atoms with Crippen molar-refractivity contribution in [2.45, 2.75) is 4.90 Å². The molecule has 0 saturated carbocycles. The molecule has 0 saturated heterocycles. The van der Waals surface area contributed by atoms with Gasteiger partial charge in [0.15, 0.2) is 11.6 Å². The molecule has 0 unspecified atom stereocenters. The summed E-state index contributed by atoms with van der Waals surface area (Å²) in [4.78, 5) is 25.5. The van der Waals surface area contributed by atoms with Gasteiger partial charge in [0.05, 0.1) is 22.5 Å². The molecule has 3 aromatic carbocycles. The SMILES string of the molecule is Nc1ccc(Nc2cc(S(=O)(=O)O)c(N)c3c2C(=O)c2ccccc2C3=O)cc1.[NaH]. The van der Waals surface area contributed by atoms with Crippen molar-refractivity contribution in [2.24, 2.45) is 0 Å². The molecule has 10 heteroatoms. The van der Waals surface area contributed by atoms with Crippen LogP contribution in [0.5, 0.6) is 0 Å². The zero-order valence-corrected chi connectivity index (χ0v) is 15.7. The van der Waals surface area contributed by atoms with Gasteiger partial charge >= 0.3 is 29.6 Å². The first-order valence-corrected chi connectivity index (χ1v) is 9.87. The number of hydrogen-bond acceptors (Lipinski definition) is 7. The van der Waals surface area contributed by atoms with Gasteiger partial charge in [0.1, 0.15) is 4.90 Å². The minimum atomic E-state index is -4.76. The Labute approximate surface area is 194 Å². The van der Waals surface area contributed by atoms with Crippen molar-refractivity contribution in [2.75, 3.05) is 16.8 Å². The fourth-order valence-electron chi connectivity index (χ4n) is 3.33. The summed E-state index contributed by atoms with van der Waals surface area (Å²) in [5, 5.41) is 2.92. The number of hydrogen-bond donors (Lipinski definition) is 4. The summed E-state index contributed by atoms with van der Waals surface area (Å²) < 4.78 is 33.3. The average molecular weight is 433 g/mol. The molecule has 0 amide bonds. The predicted molar refractivity (Wildman–Crippen MR) is 115 cm³/mol. The van der Waals surface area contributed by atoms with E-state index in [2.05, 4.69) is 5.32 Å². The van der Waals surface area contributed by atoms with E-state index in [1.807, 2.05) is 0 Å². The van der Waals surface area contributed by atoms with Gasteiger partial charge in [0.25, 0.3) is 10.1 Å². The summed E-state index contributed by atoms with van der Waals surface area (Å²) in [6, 6.07) is 13.7. The third-order valence-electron chi connectivity index (χ3n) is 4.67. The first-order chi connectivity index (χ1) is 13.7. The van der Waals surface area contributed by atoms with Crippen LogP contribution in [0.4, 0.5) is 22.7 Å². The Morgan fingerprint density at radius 1 is 0.833 bits per heavy atom. The molecule has 0 spiro atoms. The molecule has 6 N–H and O–H groups in total. The van der Waals surface area contributed by atoms with E-state index in [0.29, 0.717) is 11.4 Å². The van der Waals surface area contributed by atoms with Crippen molar-refractivity contribution >= 4 is 74.0 Å². The normalized spacial score (nSPS) is 12.6. The maximum absolute atomic E-state index is 13.2. The molecule has 4 rings (SSSR count). The molecule has 0 radical (unpaired) electrons. The fraction of sp³-hybridized carbons (Fsp3) is 0. The molecule has 0 aromatic heterocycles. The summed E-state index contributed by atoms with van der Waals surface area (Å²) in [5.74, 6) is -1.08. The van der Waals surface area contributed by atoms with Gasteiger partial charge in [0, 0.05) is 22.5 Å². The van der Waals surface area contributed by atoms with Gasteiger partial charge in [-0.15, -0.1) is 0 Å². The van der Waals surface area contributed by atoms with Gasteiger partial charge < -0.3 is 16.8 Å². The van der Waals surface area contributed by atoms with E-state index in [-0.39, 0.29) is 57.5 Å². The van der Waals surface area contributed by atoms with Crippen LogP contribution >= 0.6 is 0 Å². The van der Waals surface area contributed by atoms with Crippen LogP contribution in [0.3, 0.4) is 0 Å². The molecule has 0 aliphatic heterocycles. The van der Waals surface area contributed by atoms with E-state index in [0.717, 1.165) is 6.07 Å². The van der Waals surface area contributed by atoms with Crippen molar-refractivity contribution in [3.05, 3.63) is 76.9 Å². The number of carbonyl (C=O) groups excluding carboxylic acids is 2. The molecule has 1 aliphatic carbocycles. The maximum atomic E-state index is 13.2. The first kappa shape index (κ1) is 22.0. The zero-order valence-electron chi connectivity index (χ0n) is 14.8. The second kappa shape index (κ2) is 7.86. The van der Waals surface area contributed by atoms with Crippen molar-refractivity contribution in [3.8, 4) is 0 Å². The van der Waals surface area contributed by atoms with Gasteiger partial charge in [-0.3, -0.25) is 14.1 Å². The Bertz CT molecular complexity index is 1300. The number of ketones is 2. The summed E-state index contributed by atoms with van der Waals surface area (Å²) in [6.07, 6.45) is 0. The van der Waals surface area contributed by atoms with E-state index in [1.165, 1.54) is 12.1 Å². The van der Waals surface area contributed by atoms with E-state index >= 15 is 0 Å². The number of rotatable bonds is 3. The summed E-state index contributed by atoms with van der Waals surface area (Å²) >= 11 is 0. The molecule has 30 heavy (non-hydrogen) atoms. The van der Waals surface area contributed by atoms with Crippen molar-refractivity contribution in [3.63, 3.8) is 0 Å². The predicted octanol–water partition coefficient (Wildman–Crippen LogP) is 1.97. The van der Waals surface area contributed by atoms with Crippen LogP contribution in [0.15, 0.2) is 59.5 Å². The van der Waals surface area contributed by atoms with Gasteiger partial charge in [-0.1, -0.05) is 24.3 Å². The van der Waals surface area contributed by atoms with Crippen LogP contribution in [-0.4, -0.2) is 54.1 Å². The minimum absolute atomic E-state index is 0. The number of fused-ring (bicyclic) bond motifs is 2. The van der Waals surface area contributed by atoms with Crippen LogP contribution in [0, 0.1) is 0 Å². The number of nitrogens with one attached hydrogen (secondary N) is 1. The Morgan fingerprint density at radius 3 is 1.90 bits per heavy atom. The quantitative estimate of drug-likeness (QED) is 0.217. The zero-order chi connectivity index (χ0) is 20.9.